The minimum absolute atomic E-state index is 0.0411. The van der Waals surface area contributed by atoms with Gasteiger partial charge in [0.25, 0.3) is 0 Å². The van der Waals surface area contributed by atoms with Gasteiger partial charge in [0.05, 0.1) is 25.7 Å². The van der Waals surface area contributed by atoms with Gasteiger partial charge in [0.15, 0.2) is 11.8 Å². The van der Waals surface area contributed by atoms with Crippen LogP contribution in [0.5, 0.6) is 5.75 Å². The zero-order chi connectivity index (χ0) is 14.5. The number of hydrogen-bond donors (Lipinski definition) is 0. The summed E-state index contributed by atoms with van der Waals surface area (Å²) in [6.45, 7) is 0. The number of benzene rings is 1. The number of nitrogens with zero attached hydrogens (tertiary/aromatic N) is 1. The number of aliphatic imine (C=N–C) groups is 1. The highest BCUT2D eigenvalue weighted by Gasteiger charge is 2.26. The molecule has 20 heavy (non-hydrogen) atoms. The second-order valence-electron chi connectivity index (χ2n) is 4.20. The first-order chi connectivity index (χ1) is 9.63. The lowest BCUT2D eigenvalue weighted by Crippen LogP contribution is -2.19. The highest BCUT2D eigenvalue weighted by atomic mass is 32.2. The Bertz CT molecular complexity index is 556. The maximum Gasteiger partial charge on any atom is 0.331 e. The van der Waals surface area contributed by atoms with E-state index in [9.17, 15) is 9.59 Å². The predicted molar refractivity (Wildman–Crippen MR) is 77.6 cm³/mol. The van der Waals surface area contributed by atoms with Gasteiger partial charge in [-0.05, 0) is 12.1 Å². The molecule has 1 aliphatic heterocycles. The lowest BCUT2D eigenvalue weighted by Gasteiger charge is -2.03. The second-order valence-corrected chi connectivity index (χ2v) is 5.30. The molecule has 0 aliphatic carbocycles. The monoisotopic (exact) mass is 293 g/mol. The number of methoxy groups -OCH3 is 2. The summed E-state index contributed by atoms with van der Waals surface area (Å²) in [6, 6.07) is 6.50. The van der Waals surface area contributed by atoms with E-state index in [0.717, 1.165) is 0 Å². The molecular weight excluding hydrogens is 278 g/mol. The minimum Gasteiger partial charge on any atom is -0.497 e. The van der Waals surface area contributed by atoms with Gasteiger partial charge in [0.1, 0.15) is 5.75 Å². The van der Waals surface area contributed by atoms with Crippen molar-refractivity contribution in [1.82, 2.24) is 0 Å². The molecule has 0 fully saturated rings. The third-order valence-corrected chi connectivity index (χ3v) is 3.95. The van der Waals surface area contributed by atoms with Crippen LogP contribution in [0, 0.1) is 0 Å². The number of ether oxygens (including phenoxy) is 2. The summed E-state index contributed by atoms with van der Waals surface area (Å²) < 4.78 is 9.73. The Balaban J connectivity index is 2.03. The number of Topliss-reactive ketones (excluding diaryl/α,β-unsaturated/α-hetero) is 1. The summed E-state index contributed by atoms with van der Waals surface area (Å²) in [7, 11) is 2.89. The summed E-state index contributed by atoms with van der Waals surface area (Å²) in [5.74, 6) is 0.777. The van der Waals surface area contributed by atoms with Crippen LogP contribution in [0.2, 0.25) is 0 Å². The Kier molecular flexibility index (Phi) is 4.79. The third kappa shape index (κ3) is 3.39. The topological polar surface area (TPSA) is 65.0 Å². The van der Waals surface area contributed by atoms with Gasteiger partial charge in [-0.3, -0.25) is 9.79 Å². The Labute approximate surface area is 121 Å². The number of carbonyl (C=O) groups excluding carboxylic acids is 2. The SMILES string of the molecule is COC(=O)C1CSC(CC(=O)c2cccc(OC)c2)=N1. The summed E-state index contributed by atoms with van der Waals surface area (Å²) in [5, 5.41) is 0.674. The van der Waals surface area contributed by atoms with E-state index in [1.807, 2.05) is 0 Å². The standard InChI is InChI=1S/C14H15NO4S/c1-18-10-5-3-4-9(6-10)12(16)7-13-15-11(8-20-13)14(17)19-2/h3-6,11H,7-8H2,1-2H3. The molecule has 1 atom stereocenters. The first kappa shape index (κ1) is 14.6. The van der Waals surface area contributed by atoms with Crippen molar-refractivity contribution >= 4 is 28.6 Å². The fourth-order valence-electron chi connectivity index (χ4n) is 1.81. The van der Waals surface area contributed by atoms with Crippen molar-refractivity contribution < 1.29 is 19.1 Å². The van der Waals surface area contributed by atoms with Crippen LogP contribution in [0.4, 0.5) is 0 Å². The molecule has 0 radical (unpaired) electrons. The Morgan fingerprint density at radius 2 is 2.20 bits per heavy atom. The first-order valence-corrected chi connectivity index (χ1v) is 7.07. The Morgan fingerprint density at radius 1 is 1.40 bits per heavy atom. The highest BCUT2D eigenvalue weighted by molar-refractivity contribution is 8.14. The molecule has 0 aromatic heterocycles. The number of thioether (sulfide) groups is 1. The van der Waals surface area contributed by atoms with Crippen molar-refractivity contribution in [3.05, 3.63) is 29.8 Å². The Hall–Kier alpha value is -1.82. The molecule has 1 unspecified atom stereocenters. The zero-order valence-electron chi connectivity index (χ0n) is 11.3. The van der Waals surface area contributed by atoms with E-state index < -0.39 is 6.04 Å². The molecule has 0 saturated carbocycles. The van der Waals surface area contributed by atoms with Gasteiger partial charge in [-0.1, -0.05) is 12.1 Å². The molecule has 0 amide bonds. The summed E-state index contributed by atoms with van der Waals surface area (Å²) >= 11 is 1.42. The molecule has 106 valence electrons. The van der Waals surface area contributed by atoms with Crippen molar-refractivity contribution in [1.29, 1.82) is 0 Å². The van der Waals surface area contributed by atoms with Gasteiger partial charge in [-0.15, -0.1) is 11.8 Å². The molecule has 2 rings (SSSR count). The number of ketones is 1. The zero-order valence-corrected chi connectivity index (χ0v) is 12.1. The van der Waals surface area contributed by atoms with Crippen LogP contribution in [0.15, 0.2) is 29.3 Å². The molecule has 1 aromatic rings. The van der Waals surface area contributed by atoms with Crippen molar-refractivity contribution in [2.24, 2.45) is 4.99 Å². The smallest absolute Gasteiger partial charge is 0.331 e. The second kappa shape index (κ2) is 6.56. The van der Waals surface area contributed by atoms with Crippen molar-refractivity contribution in [2.45, 2.75) is 12.5 Å². The molecule has 0 spiro atoms. The molecule has 6 heteroatoms. The molecule has 0 bridgehead atoms. The van der Waals surface area contributed by atoms with Gasteiger partial charge < -0.3 is 9.47 Å². The number of carbonyl (C=O) groups is 2. The largest absolute Gasteiger partial charge is 0.497 e. The van der Waals surface area contributed by atoms with E-state index >= 15 is 0 Å². The first-order valence-electron chi connectivity index (χ1n) is 6.08. The van der Waals surface area contributed by atoms with Crippen LogP contribution in [-0.2, 0) is 9.53 Å². The van der Waals surface area contributed by atoms with E-state index in [1.165, 1.54) is 18.9 Å². The van der Waals surface area contributed by atoms with Crippen LogP contribution in [0.1, 0.15) is 16.8 Å². The maximum absolute atomic E-state index is 12.1. The molecule has 0 N–H and O–H groups in total. The number of hydrogen-bond acceptors (Lipinski definition) is 6. The summed E-state index contributed by atoms with van der Waals surface area (Å²) in [4.78, 5) is 27.7. The highest BCUT2D eigenvalue weighted by Crippen LogP contribution is 2.23. The van der Waals surface area contributed by atoms with Gasteiger partial charge in [0.2, 0.25) is 0 Å². The average Bonchev–Trinajstić information content (AvgIpc) is 2.95. The molecular formula is C14H15NO4S. The van der Waals surface area contributed by atoms with Crippen LogP contribution < -0.4 is 4.74 Å². The van der Waals surface area contributed by atoms with E-state index in [2.05, 4.69) is 9.73 Å². The lowest BCUT2D eigenvalue weighted by molar-refractivity contribution is -0.141. The molecule has 1 aliphatic rings. The van der Waals surface area contributed by atoms with Crippen molar-refractivity contribution in [3.63, 3.8) is 0 Å². The molecule has 0 saturated heterocycles. The van der Waals surface area contributed by atoms with Crippen molar-refractivity contribution in [2.75, 3.05) is 20.0 Å². The van der Waals surface area contributed by atoms with E-state index in [4.69, 9.17) is 4.74 Å². The van der Waals surface area contributed by atoms with Crippen LogP contribution in [0.25, 0.3) is 0 Å². The van der Waals surface area contributed by atoms with Crippen LogP contribution >= 0.6 is 11.8 Å². The van der Waals surface area contributed by atoms with E-state index in [0.29, 0.717) is 22.1 Å². The quantitative estimate of drug-likeness (QED) is 0.613. The fraction of sp³-hybridized carbons (Fsp3) is 0.357. The lowest BCUT2D eigenvalue weighted by atomic mass is 10.1. The molecule has 5 nitrogen and oxygen atoms in total. The van der Waals surface area contributed by atoms with Gasteiger partial charge in [0, 0.05) is 11.3 Å². The van der Waals surface area contributed by atoms with Gasteiger partial charge in [-0.25, -0.2) is 4.79 Å². The predicted octanol–water partition coefficient (Wildman–Crippen LogP) is 1.95. The van der Waals surface area contributed by atoms with E-state index in [1.54, 1.807) is 31.4 Å². The van der Waals surface area contributed by atoms with Gasteiger partial charge in [-0.2, -0.15) is 0 Å². The molecule has 1 aromatic carbocycles. The number of rotatable bonds is 5. The van der Waals surface area contributed by atoms with Crippen LogP contribution in [0.3, 0.4) is 0 Å². The summed E-state index contributed by atoms with van der Waals surface area (Å²) in [5.41, 5.74) is 0.578. The normalized spacial score (nSPS) is 17.5. The van der Waals surface area contributed by atoms with E-state index in [-0.39, 0.29) is 18.2 Å². The van der Waals surface area contributed by atoms with Gasteiger partial charge >= 0.3 is 5.97 Å². The van der Waals surface area contributed by atoms with Crippen LogP contribution in [-0.4, -0.2) is 42.8 Å². The fourth-order valence-corrected chi connectivity index (χ4v) is 2.81. The summed E-state index contributed by atoms with van der Waals surface area (Å²) in [6.07, 6.45) is 0.200. The Morgan fingerprint density at radius 3 is 2.90 bits per heavy atom. The molecule has 1 heterocycles. The average molecular weight is 293 g/mol. The maximum atomic E-state index is 12.1. The minimum atomic E-state index is -0.488. The van der Waals surface area contributed by atoms with Crippen molar-refractivity contribution in [3.8, 4) is 5.75 Å². The number of esters is 1. The third-order valence-electron chi connectivity index (χ3n) is 2.88.